The summed E-state index contributed by atoms with van der Waals surface area (Å²) < 4.78 is 65.0. The second-order valence-corrected chi connectivity index (χ2v) is 12.2. The van der Waals surface area contributed by atoms with Gasteiger partial charge in [-0.3, -0.25) is 14.2 Å². The Labute approximate surface area is 307 Å². The molecule has 1 saturated heterocycles. The zero-order valence-electron chi connectivity index (χ0n) is 28.9. The molecule has 12 nitrogen and oxygen atoms in total. The van der Waals surface area contributed by atoms with E-state index in [0.717, 1.165) is 10.8 Å². The first kappa shape index (κ1) is 37.7. The van der Waals surface area contributed by atoms with Gasteiger partial charge in [0.15, 0.2) is 6.23 Å². The van der Waals surface area contributed by atoms with Crippen LogP contribution in [0.1, 0.15) is 33.3 Å². The van der Waals surface area contributed by atoms with Crippen molar-refractivity contribution < 1.29 is 46.8 Å². The first-order chi connectivity index (χ1) is 25.9. The number of aliphatic hydroxyl groups excluding tert-OH is 1. The lowest BCUT2D eigenvalue weighted by molar-refractivity contribution is -0.175. The van der Waals surface area contributed by atoms with Gasteiger partial charge in [0.25, 0.3) is 5.91 Å². The Balaban J connectivity index is 1.36. The van der Waals surface area contributed by atoms with Crippen molar-refractivity contribution in [1.82, 2.24) is 14.9 Å². The molecule has 1 aliphatic rings. The van der Waals surface area contributed by atoms with E-state index in [1.165, 1.54) is 20.3 Å². The van der Waals surface area contributed by atoms with Crippen LogP contribution in [-0.4, -0.2) is 71.7 Å². The van der Waals surface area contributed by atoms with Gasteiger partial charge in [-0.1, -0.05) is 72.8 Å². The van der Waals surface area contributed by atoms with Gasteiger partial charge in [0, 0.05) is 11.8 Å². The van der Waals surface area contributed by atoms with E-state index in [9.17, 15) is 32.7 Å². The fourth-order valence-corrected chi connectivity index (χ4v) is 6.25. The Morgan fingerprint density at radius 3 is 1.87 bits per heavy atom. The number of nitrogens with zero attached hydrogens (tertiary/aromatic N) is 2. The molecule has 0 radical (unpaired) electrons. The average Bonchev–Trinajstić information content (AvgIpc) is 3.49. The molecular weight excluding hydrogens is 709 g/mol. The lowest BCUT2D eigenvalue weighted by atomic mass is 9.80. The normalized spacial score (nSPS) is 18.5. The quantitative estimate of drug-likeness (QED) is 0.153. The van der Waals surface area contributed by atoms with Crippen LogP contribution in [0.15, 0.2) is 126 Å². The third-order valence-corrected chi connectivity index (χ3v) is 8.94. The van der Waals surface area contributed by atoms with Crippen LogP contribution in [0.3, 0.4) is 0 Å². The summed E-state index contributed by atoms with van der Waals surface area (Å²) >= 11 is 0. The Hall–Kier alpha value is -6.03. The molecule has 280 valence electrons. The number of nitrogens with one attached hydrogen (secondary N) is 2. The van der Waals surface area contributed by atoms with Gasteiger partial charge in [0.05, 0.1) is 20.8 Å². The number of ether oxygens (including phenoxy) is 4. The molecule has 0 unspecified atom stereocenters. The molecule has 0 spiro atoms. The van der Waals surface area contributed by atoms with Crippen LogP contribution in [0, 0.1) is 0 Å². The number of hydrogen-bond acceptors (Lipinski definition) is 9. The first-order valence-corrected chi connectivity index (χ1v) is 16.6. The summed E-state index contributed by atoms with van der Waals surface area (Å²) in [6, 6.07) is 30.8. The Morgan fingerprint density at radius 2 is 1.35 bits per heavy atom. The minimum absolute atomic E-state index is 0.147. The molecule has 2 heterocycles. The topological polar surface area (TPSA) is 150 Å². The summed E-state index contributed by atoms with van der Waals surface area (Å²) in [5.41, 5.74) is -0.249. The SMILES string of the molecule is COc1ccc(C(OC[C@H]2O[C@@H](n3ccc(NC(=O)c4ccccc4)nc3=O)[C@H](NC(=O)C(F)(F)F)[C@@H]2O)(c2ccccc2)c2ccc(OC)cc2)cc1. The highest BCUT2D eigenvalue weighted by Crippen LogP contribution is 2.43. The van der Waals surface area contributed by atoms with Crippen LogP contribution in [0.4, 0.5) is 19.0 Å². The first-order valence-electron chi connectivity index (χ1n) is 16.6. The van der Waals surface area contributed by atoms with E-state index in [-0.39, 0.29) is 5.82 Å². The van der Waals surface area contributed by atoms with E-state index < -0.39 is 60.4 Å². The molecule has 4 aromatic carbocycles. The molecule has 0 saturated carbocycles. The molecule has 0 aliphatic carbocycles. The number of hydrogen-bond donors (Lipinski definition) is 3. The predicted octanol–water partition coefficient (Wildman–Crippen LogP) is 4.83. The molecule has 0 bridgehead atoms. The maximum Gasteiger partial charge on any atom is 0.471 e. The van der Waals surface area contributed by atoms with Crippen molar-refractivity contribution in [2.45, 2.75) is 36.3 Å². The van der Waals surface area contributed by atoms with Crippen LogP contribution < -0.4 is 25.8 Å². The number of carbonyl (C=O) groups excluding carboxylic acids is 2. The lowest BCUT2D eigenvalue weighted by Crippen LogP contribution is -2.52. The van der Waals surface area contributed by atoms with E-state index in [2.05, 4.69) is 10.3 Å². The molecule has 54 heavy (non-hydrogen) atoms. The van der Waals surface area contributed by atoms with Gasteiger partial charge in [-0.2, -0.15) is 18.2 Å². The third kappa shape index (κ3) is 7.83. The van der Waals surface area contributed by atoms with Crippen LogP contribution in [0.2, 0.25) is 0 Å². The molecule has 1 aromatic heterocycles. The minimum atomic E-state index is -5.32. The second-order valence-electron chi connectivity index (χ2n) is 12.2. The second kappa shape index (κ2) is 15.9. The number of benzene rings is 4. The van der Waals surface area contributed by atoms with Gasteiger partial charge < -0.3 is 34.7 Å². The summed E-state index contributed by atoms with van der Waals surface area (Å²) in [4.78, 5) is 42.0. The zero-order valence-corrected chi connectivity index (χ0v) is 28.9. The number of alkyl halides is 3. The van der Waals surface area contributed by atoms with Gasteiger partial charge in [0.1, 0.15) is 41.2 Å². The van der Waals surface area contributed by atoms with E-state index in [1.54, 1.807) is 84.2 Å². The van der Waals surface area contributed by atoms with E-state index >= 15 is 0 Å². The summed E-state index contributed by atoms with van der Waals surface area (Å²) in [5.74, 6) is -1.92. The lowest BCUT2D eigenvalue weighted by Gasteiger charge is -2.37. The summed E-state index contributed by atoms with van der Waals surface area (Å²) in [6.45, 7) is -0.448. The van der Waals surface area contributed by atoms with Crippen molar-refractivity contribution in [3.63, 3.8) is 0 Å². The zero-order chi connectivity index (χ0) is 38.5. The molecule has 2 amide bonds. The number of methoxy groups -OCH3 is 2. The number of rotatable bonds is 12. The molecule has 1 aliphatic heterocycles. The maximum atomic E-state index is 13.5. The number of anilines is 1. The van der Waals surface area contributed by atoms with Gasteiger partial charge in [-0.25, -0.2) is 4.79 Å². The third-order valence-electron chi connectivity index (χ3n) is 8.94. The van der Waals surface area contributed by atoms with Crippen LogP contribution in [0.5, 0.6) is 11.5 Å². The number of halogens is 3. The fraction of sp³-hybridized carbons (Fsp3) is 0.231. The standard InChI is InChI=1S/C39H35F3N4O8/c1-51-28-17-13-26(14-18-28)38(25-11-7-4-8-12-25,27-15-19-29(52-2)20-16-27)53-23-30-33(47)32(45-36(49)39(40,41)42)35(54-30)46-22-21-31(44-37(46)50)43-34(48)24-9-5-3-6-10-24/h3-22,30,32-33,35,47H,23H2,1-2H3,(H,45,49)(H,43,44,48,50)/t30-,32-,33-,35-/m1/s1. The largest absolute Gasteiger partial charge is 0.497 e. The van der Waals surface area contributed by atoms with E-state index in [4.69, 9.17) is 18.9 Å². The summed E-state index contributed by atoms with van der Waals surface area (Å²) in [6.07, 6.45) is -9.07. The molecule has 5 aromatic rings. The maximum absolute atomic E-state index is 13.5. The van der Waals surface area contributed by atoms with E-state index in [0.29, 0.717) is 33.8 Å². The number of aromatic nitrogens is 2. The summed E-state index contributed by atoms with van der Waals surface area (Å²) in [5, 5.41) is 15.8. The number of amides is 2. The van der Waals surface area contributed by atoms with Crippen molar-refractivity contribution >= 4 is 17.6 Å². The highest BCUT2D eigenvalue weighted by Gasteiger charge is 2.51. The van der Waals surface area contributed by atoms with Crippen LogP contribution in [0.25, 0.3) is 0 Å². The van der Waals surface area contributed by atoms with Crippen molar-refractivity contribution in [2.75, 3.05) is 26.1 Å². The summed E-state index contributed by atoms with van der Waals surface area (Å²) in [7, 11) is 3.05. The minimum Gasteiger partial charge on any atom is -0.497 e. The van der Waals surface area contributed by atoms with E-state index in [1.807, 2.05) is 30.3 Å². The van der Waals surface area contributed by atoms with Crippen molar-refractivity contribution in [3.05, 3.63) is 154 Å². The molecule has 4 atom stereocenters. The fourth-order valence-electron chi connectivity index (χ4n) is 6.25. The number of aliphatic hydroxyl groups is 1. The van der Waals surface area contributed by atoms with Gasteiger partial charge >= 0.3 is 17.8 Å². The predicted molar refractivity (Wildman–Crippen MR) is 189 cm³/mol. The highest BCUT2D eigenvalue weighted by atomic mass is 19.4. The Kier molecular flexibility index (Phi) is 11.1. The highest BCUT2D eigenvalue weighted by molar-refractivity contribution is 6.03. The molecule has 3 N–H and O–H groups in total. The van der Waals surface area contributed by atoms with Crippen molar-refractivity contribution in [1.29, 1.82) is 0 Å². The Morgan fingerprint density at radius 1 is 0.815 bits per heavy atom. The van der Waals surface area contributed by atoms with Gasteiger partial charge in [-0.15, -0.1) is 0 Å². The smallest absolute Gasteiger partial charge is 0.471 e. The molecule has 15 heteroatoms. The van der Waals surface area contributed by atoms with Gasteiger partial charge in [0.2, 0.25) is 0 Å². The number of carbonyl (C=O) groups is 2. The average molecular weight is 745 g/mol. The van der Waals surface area contributed by atoms with Crippen molar-refractivity contribution in [3.8, 4) is 11.5 Å². The van der Waals surface area contributed by atoms with Crippen molar-refractivity contribution in [2.24, 2.45) is 0 Å². The molecule has 1 fully saturated rings. The van der Waals surface area contributed by atoms with Crippen LogP contribution >= 0.6 is 0 Å². The molecule has 6 rings (SSSR count). The van der Waals surface area contributed by atoms with Gasteiger partial charge in [-0.05, 0) is 59.2 Å². The van der Waals surface area contributed by atoms with Crippen LogP contribution in [-0.2, 0) is 19.9 Å². The Bertz CT molecular complexity index is 2070. The monoisotopic (exact) mass is 744 g/mol. The molecular formula is C39H35F3N4O8.